The molecule has 3 rings (SSSR count). The van der Waals surface area contributed by atoms with Crippen molar-refractivity contribution < 1.29 is 28.6 Å². The van der Waals surface area contributed by atoms with E-state index in [1.54, 1.807) is 19.1 Å². The second-order valence-electron chi connectivity index (χ2n) is 5.93. The fourth-order valence-electron chi connectivity index (χ4n) is 2.76. The van der Waals surface area contributed by atoms with Gasteiger partial charge in [-0.15, -0.1) is 0 Å². The maximum atomic E-state index is 12.0. The summed E-state index contributed by atoms with van der Waals surface area (Å²) in [5.74, 6) is -0.402. The number of carboxylic acid groups (broad SMARTS) is 1. The first kappa shape index (κ1) is 18.5. The summed E-state index contributed by atoms with van der Waals surface area (Å²) in [6, 6.07) is 13.7. The molecule has 3 aromatic rings. The van der Waals surface area contributed by atoms with Gasteiger partial charge in [-0.25, -0.2) is 9.59 Å². The number of carboxylic acids is 1. The van der Waals surface area contributed by atoms with E-state index >= 15 is 0 Å². The number of carbonyl (C=O) groups excluding carboxylic acids is 1. The third kappa shape index (κ3) is 3.95. The number of benzene rings is 2. The molecule has 1 atom stereocenters. The molecule has 6 heteroatoms. The first-order valence-electron chi connectivity index (χ1n) is 8.73. The van der Waals surface area contributed by atoms with Crippen molar-refractivity contribution in [2.75, 3.05) is 6.61 Å². The van der Waals surface area contributed by atoms with Gasteiger partial charge < -0.3 is 19.0 Å². The summed E-state index contributed by atoms with van der Waals surface area (Å²) in [5.41, 5.74) is 1.30. The van der Waals surface area contributed by atoms with Crippen LogP contribution in [-0.2, 0) is 9.53 Å². The van der Waals surface area contributed by atoms with Crippen molar-refractivity contribution >= 4 is 22.9 Å². The van der Waals surface area contributed by atoms with Gasteiger partial charge in [-0.3, -0.25) is 0 Å². The van der Waals surface area contributed by atoms with Gasteiger partial charge in [-0.05, 0) is 43.7 Å². The van der Waals surface area contributed by atoms with Crippen LogP contribution in [0.25, 0.3) is 22.3 Å². The fourth-order valence-corrected chi connectivity index (χ4v) is 2.76. The van der Waals surface area contributed by atoms with E-state index in [9.17, 15) is 9.59 Å². The topological polar surface area (TPSA) is 86.0 Å². The maximum absolute atomic E-state index is 12.0. The molecule has 27 heavy (non-hydrogen) atoms. The molecule has 0 radical (unpaired) electrons. The molecule has 1 unspecified atom stereocenters. The molecule has 0 saturated carbocycles. The highest BCUT2D eigenvalue weighted by atomic mass is 16.6. The van der Waals surface area contributed by atoms with Gasteiger partial charge >= 0.3 is 11.9 Å². The lowest BCUT2D eigenvalue weighted by atomic mass is 10.1. The van der Waals surface area contributed by atoms with Gasteiger partial charge in [0.2, 0.25) is 0 Å². The quantitative estimate of drug-likeness (QED) is 0.617. The molecule has 0 saturated heterocycles. The summed E-state index contributed by atoms with van der Waals surface area (Å²) >= 11 is 0. The van der Waals surface area contributed by atoms with Gasteiger partial charge in [0.15, 0.2) is 6.10 Å². The minimum Gasteiger partial charge on any atom is -0.478 e. The number of ether oxygens (including phenoxy) is 2. The first-order chi connectivity index (χ1) is 13.0. The lowest BCUT2D eigenvalue weighted by Crippen LogP contribution is -2.28. The molecule has 0 aliphatic rings. The number of para-hydroxylation sites is 1. The zero-order valence-corrected chi connectivity index (χ0v) is 15.1. The monoisotopic (exact) mass is 368 g/mol. The van der Waals surface area contributed by atoms with Gasteiger partial charge in [0, 0.05) is 5.39 Å². The molecular formula is C21H20O6. The SMILES string of the molecule is CCOC(=O)C(CC)Oc1ccccc1-c1cc2ccc(C(=O)O)cc2o1. The van der Waals surface area contributed by atoms with Crippen molar-refractivity contribution in [1.29, 1.82) is 0 Å². The summed E-state index contributed by atoms with van der Waals surface area (Å²) < 4.78 is 16.8. The van der Waals surface area contributed by atoms with Crippen LogP contribution in [0.2, 0.25) is 0 Å². The number of furan rings is 1. The van der Waals surface area contributed by atoms with Crippen LogP contribution in [0, 0.1) is 0 Å². The second-order valence-corrected chi connectivity index (χ2v) is 5.93. The van der Waals surface area contributed by atoms with E-state index in [2.05, 4.69) is 0 Å². The summed E-state index contributed by atoms with van der Waals surface area (Å²) in [6.45, 7) is 3.88. The van der Waals surface area contributed by atoms with E-state index in [0.717, 1.165) is 5.39 Å². The normalized spacial score (nSPS) is 11.9. The molecule has 6 nitrogen and oxygen atoms in total. The first-order valence-corrected chi connectivity index (χ1v) is 8.73. The molecule has 0 aliphatic heterocycles. The van der Waals surface area contributed by atoms with Crippen molar-refractivity contribution in [1.82, 2.24) is 0 Å². The Hall–Kier alpha value is -3.28. The predicted octanol–water partition coefficient (Wildman–Crippen LogP) is 4.52. The van der Waals surface area contributed by atoms with E-state index in [1.165, 1.54) is 12.1 Å². The summed E-state index contributed by atoms with van der Waals surface area (Å²) in [5, 5.41) is 9.91. The third-order valence-electron chi connectivity index (χ3n) is 4.11. The van der Waals surface area contributed by atoms with Crippen LogP contribution in [0.5, 0.6) is 5.75 Å². The lowest BCUT2D eigenvalue weighted by Gasteiger charge is -2.17. The molecule has 1 N–H and O–H groups in total. The van der Waals surface area contributed by atoms with Crippen LogP contribution in [0.1, 0.15) is 30.6 Å². The molecule has 0 spiro atoms. The highest BCUT2D eigenvalue weighted by Crippen LogP contribution is 2.35. The highest BCUT2D eigenvalue weighted by Gasteiger charge is 2.22. The number of aromatic carboxylic acids is 1. The van der Waals surface area contributed by atoms with Gasteiger partial charge in [-0.1, -0.05) is 25.1 Å². The Morgan fingerprint density at radius 3 is 2.59 bits per heavy atom. The zero-order chi connectivity index (χ0) is 19.4. The van der Waals surface area contributed by atoms with Crippen LogP contribution in [0.4, 0.5) is 0 Å². The number of esters is 1. The molecule has 0 aliphatic carbocycles. The Morgan fingerprint density at radius 2 is 1.89 bits per heavy atom. The fraction of sp³-hybridized carbons (Fsp3) is 0.238. The Balaban J connectivity index is 1.97. The molecule has 0 bridgehead atoms. The molecule has 2 aromatic carbocycles. The predicted molar refractivity (Wildman–Crippen MR) is 99.9 cm³/mol. The van der Waals surface area contributed by atoms with Crippen LogP contribution >= 0.6 is 0 Å². The van der Waals surface area contributed by atoms with Crippen LogP contribution in [0.3, 0.4) is 0 Å². The van der Waals surface area contributed by atoms with E-state index in [0.29, 0.717) is 29.1 Å². The number of carbonyl (C=O) groups is 2. The van der Waals surface area contributed by atoms with E-state index in [1.807, 2.05) is 31.2 Å². The standard InChI is InChI=1S/C21H20O6/c1-3-16(21(24)25-4-2)26-17-8-6-5-7-15(17)19-11-13-9-10-14(20(22)23)12-18(13)27-19/h5-12,16H,3-4H2,1-2H3,(H,22,23). The van der Waals surface area contributed by atoms with Crippen LogP contribution in [0.15, 0.2) is 52.9 Å². The molecular weight excluding hydrogens is 348 g/mol. The molecule has 1 heterocycles. The minimum atomic E-state index is -1.01. The number of rotatable bonds is 7. The molecule has 140 valence electrons. The largest absolute Gasteiger partial charge is 0.478 e. The lowest BCUT2D eigenvalue weighted by molar-refractivity contribution is -0.151. The zero-order valence-electron chi connectivity index (χ0n) is 15.1. The van der Waals surface area contributed by atoms with Gasteiger partial charge in [0.05, 0.1) is 17.7 Å². The molecule has 1 aromatic heterocycles. The van der Waals surface area contributed by atoms with Crippen molar-refractivity contribution in [3.05, 3.63) is 54.1 Å². The Morgan fingerprint density at radius 1 is 1.11 bits per heavy atom. The van der Waals surface area contributed by atoms with Crippen LogP contribution in [-0.4, -0.2) is 29.8 Å². The average molecular weight is 368 g/mol. The van der Waals surface area contributed by atoms with Crippen molar-refractivity contribution in [2.24, 2.45) is 0 Å². The minimum absolute atomic E-state index is 0.154. The van der Waals surface area contributed by atoms with Crippen molar-refractivity contribution in [2.45, 2.75) is 26.4 Å². The van der Waals surface area contributed by atoms with Crippen molar-refractivity contribution in [3.63, 3.8) is 0 Å². The van der Waals surface area contributed by atoms with E-state index in [4.69, 9.17) is 19.0 Å². The van der Waals surface area contributed by atoms with E-state index < -0.39 is 18.0 Å². The number of hydrogen-bond donors (Lipinski definition) is 1. The maximum Gasteiger partial charge on any atom is 0.347 e. The number of fused-ring (bicyclic) bond motifs is 1. The third-order valence-corrected chi connectivity index (χ3v) is 4.11. The second kappa shape index (κ2) is 7.95. The number of hydrogen-bond acceptors (Lipinski definition) is 5. The average Bonchev–Trinajstić information content (AvgIpc) is 3.09. The Labute approximate surface area is 156 Å². The van der Waals surface area contributed by atoms with Crippen molar-refractivity contribution in [3.8, 4) is 17.1 Å². The van der Waals surface area contributed by atoms with Gasteiger partial charge in [0.1, 0.15) is 17.1 Å². The summed E-state index contributed by atoms with van der Waals surface area (Å²) in [7, 11) is 0. The highest BCUT2D eigenvalue weighted by molar-refractivity contribution is 5.94. The van der Waals surface area contributed by atoms with Gasteiger partial charge in [0.25, 0.3) is 0 Å². The summed E-state index contributed by atoms with van der Waals surface area (Å²) in [6.07, 6.45) is -0.246. The van der Waals surface area contributed by atoms with E-state index in [-0.39, 0.29) is 12.2 Å². The Kier molecular flexibility index (Phi) is 5.45. The molecule has 0 amide bonds. The summed E-state index contributed by atoms with van der Waals surface area (Å²) in [4.78, 5) is 23.2. The molecule has 0 fully saturated rings. The smallest absolute Gasteiger partial charge is 0.347 e. The Bertz CT molecular complexity index is 972. The van der Waals surface area contributed by atoms with Gasteiger partial charge in [-0.2, -0.15) is 0 Å². The van der Waals surface area contributed by atoms with Crippen LogP contribution < -0.4 is 4.74 Å².